The zero-order chi connectivity index (χ0) is 18.7. The highest BCUT2D eigenvalue weighted by Crippen LogP contribution is 2.40. The van der Waals surface area contributed by atoms with Crippen LogP contribution in [0.2, 0.25) is 0 Å². The van der Waals surface area contributed by atoms with E-state index in [2.05, 4.69) is 36.1 Å². The number of carbonyl (C=O) groups is 2. The van der Waals surface area contributed by atoms with Crippen molar-refractivity contribution in [3.05, 3.63) is 35.4 Å². The molecule has 3 rings (SSSR count). The van der Waals surface area contributed by atoms with Gasteiger partial charge in [-0.2, -0.15) is 0 Å². The highest BCUT2D eigenvalue weighted by atomic mass is 16.2. The Kier molecular flexibility index (Phi) is 5.66. The van der Waals surface area contributed by atoms with Crippen molar-refractivity contribution in [3.8, 4) is 0 Å². The molecule has 0 unspecified atom stereocenters. The van der Waals surface area contributed by atoms with Gasteiger partial charge in [0.2, 0.25) is 11.8 Å². The lowest BCUT2D eigenvalue weighted by atomic mass is 9.77. The van der Waals surface area contributed by atoms with Gasteiger partial charge in [-0.15, -0.1) is 0 Å². The van der Waals surface area contributed by atoms with Gasteiger partial charge in [0.15, 0.2) is 0 Å². The monoisotopic (exact) mass is 357 g/mol. The van der Waals surface area contributed by atoms with E-state index in [9.17, 15) is 9.59 Å². The van der Waals surface area contributed by atoms with Gasteiger partial charge in [0.1, 0.15) is 0 Å². The molecule has 2 fully saturated rings. The molecule has 26 heavy (non-hydrogen) atoms. The SMILES string of the molecule is CCN1CC2(CCN(C(=O)CN(C)Cc3ccc(C)cc3)CC2)CC1=O. The number of rotatable bonds is 5. The molecular weight excluding hydrogens is 326 g/mol. The van der Waals surface area contributed by atoms with Crippen molar-refractivity contribution in [1.82, 2.24) is 14.7 Å². The maximum atomic E-state index is 12.6. The highest BCUT2D eigenvalue weighted by Gasteiger charge is 2.44. The Morgan fingerprint density at radius 2 is 1.85 bits per heavy atom. The molecule has 0 N–H and O–H groups in total. The predicted octanol–water partition coefficient (Wildman–Crippen LogP) is 2.29. The molecule has 0 atom stereocenters. The smallest absolute Gasteiger partial charge is 0.236 e. The zero-order valence-corrected chi connectivity index (χ0v) is 16.3. The number of hydrogen-bond acceptors (Lipinski definition) is 3. The minimum atomic E-state index is 0.109. The first kappa shape index (κ1) is 18.9. The summed E-state index contributed by atoms with van der Waals surface area (Å²) >= 11 is 0. The summed E-state index contributed by atoms with van der Waals surface area (Å²) in [6.45, 7) is 8.58. The van der Waals surface area contributed by atoms with Crippen LogP contribution in [0, 0.1) is 12.3 Å². The normalized spacial score (nSPS) is 19.6. The van der Waals surface area contributed by atoms with Crippen molar-refractivity contribution in [2.45, 2.75) is 39.7 Å². The van der Waals surface area contributed by atoms with Crippen LogP contribution in [0.1, 0.15) is 37.3 Å². The van der Waals surface area contributed by atoms with Gasteiger partial charge in [-0.1, -0.05) is 29.8 Å². The third-order valence-corrected chi connectivity index (χ3v) is 5.94. The first-order valence-electron chi connectivity index (χ1n) is 9.70. The van der Waals surface area contributed by atoms with Gasteiger partial charge in [-0.25, -0.2) is 0 Å². The molecule has 142 valence electrons. The van der Waals surface area contributed by atoms with Crippen LogP contribution in [0.4, 0.5) is 0 Å². The summed E-state index contributed by atoms with van der Waals surface area (Å²) in [4.78, 5) is 30.7. The minimum absolute atomic E-state index is 0.109. The second-order valence-corrected chi connectivity index (χ2v) is 8.12. The molecule has 0 aliphatic carbocycles. The van der Waals surface area contributed by atoms with Crippen molar-refractivity contribution in [1.29, 1.82) is 0 Å². The number of piperidine rings is 1. The summed E-state index contributed by atoms with van der Waals surface area (Å²) in [5.74, 6) is 0.483. The Labute approximate surface area is 156 Å². The average Bonchev–Trinajstić information content (AvgIpc) is 2.92. The number of likely N-dealkylation sites (N-methyl/N-ethyl adjacent to an activating group) is 1. The maximum absolute atomic E-state index is 12.6. The van der Waals surface area contributed by atoms with Gasteiger partial charge in [0.05, 0.1) is 6.54 Å². The van der Waals surface area contributed by atoms with E-state index >= 15 is 0 Å². The van der Waals surface area contributed by atoms with E-state index in [1.54, 1.807) is 0 Å². The standard InChI is InChI=1S/C21H31N3O2/c1-4-23-16-21(13-19(23)25)9-11-24(12-10-21)20(26)15-22(3)14-18-7-5-17(2)6-8-18/h5-8H,4,9-16H2,1-3H3. The Balaban J connectivity index is 1.48. The molecule has 0 saturated carbocycles. The van der Waals surface area contributed by atoms with Crippen LogP contribution in [-0.2, 0) is 16.1 Å². The van der Waals surface area contributed by atoms with E-state index in [-0.39, 0.29) is 17.2 Å². The van der Waals surface area contributed by atoms with Gasteiger partial charge < -0.3 is 9.80 Å². The largest absolute Gasteiger partial charge is 0.342 e. The molecule has 1 aromatic carbocycles. The third-order valence-electron chi connectivity index (χ3n) is 5.94. The third kappa shape index (κ3) is 4.26. The molecule has 2 aliphatic heterocycles. The fourth-order valence-corrected chi connectivity index (χ4v) is 4.23. The fraction of sp³-hybridized carbons (Fsp3) is 0.619. The van der Waals surface area contributed by atoms with Gasteiger partial charge in [-0.05, 0) is 39.3 Å². The molecule has 0 aromatic heterocycles. The zero-order valence-electron chi connectivity index (χ0n) is 16.3. The van der Waals surface area contributed by atoms with Crippen molar-refractivity contribution >= 4 is 11.8 Å². The number of likely N-dealkylation sites (tertiary alicyclic amines) is 2. The van der Waals surface area contributed by atoms with E-state index in [0.29, 0.717) is 13.0 Å². The molecular formula is C21H31N3O2. The van der Waals surface area contributed by atoms with Gasteiger partial charge in [-0.3, -0.25) is 14.5 Å². The van der Waals surface area contributed by atoms with Crippen LogP contribution in [0.3, 0.4) is 0 Å². The van der Waals surface area contributed by atoms with Crippen molar-refractivity contribution in [2.24, 2.45) is 5.41 Å². The summed E-state index contributed by atoms with van der Waals surface area (Å²) < 4.78 is 0. The molecule has 1 aromatic rings. The van der Waals surface area contributed by atoms with Crippen molar-refractivity contribution in [2.75, 3.05) is 39.8 Å². The molecule has 1 spiro atoms. The summed E-state index contributed by atoms with van der Waals surface area (Å²) in [7, 11) is 2.00. The van der Waals surface area contributed by atoms with Crippen LogP contribution in [0.15, 0.2) is 24.3 Å². The lowest BCUT2D eigenvalue weighted by Gasteiger charge is -2.39. The van der Waals surface area contributed by atoms with Gasteiger partial charge in [0.25, 0.3) is 0 Å². The van der Waals surface area contributed by atoms with E-state index in [4.69, 9.17) is 0 Å². The molecule has 0 radical (unpaired) electrons. The van der Waals surface area contributed by atoms with E-state index in [0.717, 1.165) is 45.6 Å². The second-order valence-electron chi connectivity index (χ2n) is 8.12. The van der Waals surface area contributed by atoms with Crippen LogP contribution in [0.5, 0.6) is 0 Å². The second kappa shape index (κ2) is 7.78. The Bertz CT molecular complexity index is 648. The summed E-state index contributed by atoms with van der Waals surface area (Å²) in [5.41, 5.74) is 2.59. The van der Waals surface area contributed by atoms with Crippen LogP contribution in [-0.4, -0.2) is 66.3 Å². The predicted molar refractivity (Wildman–Crippen MR) is 103 cm³/mol. The number of carbonyl (C=O) groups excluding carboxylic acids is 2. The number of amides is 2. The molecule has 2 saturated heterocycles. The van der Waals surface area contributed by atoms with Crippen LogP contribution < -0.4 is 0 Å². The number of benzene rings is 1. The van der Waals surface area contributed by atoms with Gasteiger partial charge >= 0.3 is 0 Å². The number of hydrogen-bond donors (Lipinski definition) is 0. The Morgan fingerprint density at radius 1 is 1.19 bits per heavy atom. The lowest BCUT2D eigenvalue weighted by molar-refractivity contribution is -0.134. The topological polar surface area (TPSA) is 43.9 Å². The van der Waals surface area contributed by atoms with E-state index < -0.39 is 0 Å². The number of aryl methyl sites for hydroxylation is 1. The fourth-order valence-electron chi connectivity index (χ4n) is 4.23. The molecule has 5 heteroatoms. The molecule has 2 heterocycles. The van der Waals surface area contributed by atoms with Crippen LogP contribution in [0.25, 0.3) is 0 Å². The molecule has 2 amide bonds. The van der Waals surface area contributed by atoms with Gasteiger partial charge in [0, 0.05) is 44.6 Å². The molecule has 0 bridgehead atoms. The molecule has 5 nitrogen and oxygen atoms in total. The first-order chi connectivity index (χ1) is 12.4. The van der Waals surface area contributed by atoms with Crippen molar-refractivity contribution in [3.63, 3.8) is 0 Å². The maximum Gasteiger partial charge on any atom is 0.236 e. The lowest BCUT2D eigenvalue weighted by Crippen LogP contribution is -2.47. The van der Waals surface area contributed by atoms with E-state index in [1.807, 2.05) is 23.8 Å². The average molecular weight is 357 g/mol. The summed E-state index contributed by atoms with van der Waals surface area (Å²) in [6.07, 6.45) is 2.56. The summed E-state index contributed by atoms with van der Waals surface area (Å²) in [5, 5.41) is 0. The highest BCUT2D eigenvalue weighted by molar-refractivity contribution is 5.80. The quantitative estimate of drug-likeness (QED) is 0.812. The van der Waals surface area contributed by atoms with E-state index in [1.165, 1.54) is 11.1 Å². The minimum Gasteiger partial charge on any atom is -0.342 e. The Hall–Kier alpha value is -1.88. The Morgan fingerprint density at radius 3 is 2.42 bits per heavy atom. The van der Waals surface area contributed by atoms with Crippen molar-refractivity contribution < 1.29 is 9.59 Å². The molecule has 2 aliphatic rings. The van der Waals surface area contributed by atoms with Crippen LogP contribution >= 0.6 is 0 Å². The summed E-state index contributed by atoms with van der Waals surface area (Å²) in [6, 6.07) is 8.46. The first-order valence-corrected chi connectivity index (χ1v) is 9.70. The number of nitrogens with zero attached hydrogens (tertiary/aromatic N) is 3.